The Labute approximate surface area is 147 Å². The van der Waals surface area contributed by atoms with Crippen molar-refractivity contribution in [3.8, 4) is 6.07 Å². The lowest BCUT2D eigenvalue weighted by Crippen LogP contribution is -2.27. The molecule has 3 rings (SSSR count). The Morgan fingerprint density at radius 1 is 1.38 bits per heavy atom. The van der Waals surface area contributed by atoms with Gasteiger partial charge in [0.1, 0.15) is 11.1 Å². The first-order valence-electron chi connectivity index (χ1n) is 7.33. The number of rotatable bonds is 4. The SMILES string of the molecule is CCN(C(C)=O)c1nc(C=C(C#N)c2nc3ccccc3s2)cs1. The minimum Gasteiger partial charge on any atom is -0.289 e. The molecule has 0 unspecified atom stereocenters. The van der Waals surface area contributed by atoms with Crippen LogP contribution in [0.3, 0.4) is 0 Å². The molecule has 0 aliphatic rings. The Kier molecular flexibility index (Phi) is 4.69. The van der Waals surface area contributed by atoms with Crippen LogP contribution in [0.1, 0.15) is 24.5 Å². The Balaban J connectivity index is 1.95. The number of allylic oxidation sites excluding steroid dienone is 1. The zero-order chi connectivity index (χ0) is 17.1. The number of hydrogen-bond donors (Lipinski definition) is 0. The van der Waals surface area contributed by atoms with Crippen molar-refractivity contribution in [2.24, 2.45) is 0 Å². The molecular formula is C17H14N4OS2. The smallest absolute Gasteiger partial charge is 0.225 e. The van der Waals surface area contributed by atoms with Crippen LogP contribution < -0.4 is 4.90 Å². The van der Waals surface area contributed by atoms with Gasteiger partial charge in [0.2, 0.25) is 5.91 Å². The molecule has 0 saturated carbocycles. The maximum Gasteiger partial charge on any atom is 0.225 e. The molecule has 0 bridgehead atoms. The molecule has 2 heterocycles. The van der Waals surface area contributed by atoms with Crippen molar-refractivity contribution in [3.05, 3.63) is 40.3 Å². The monoisotopic (exact) mass is 354 g/mol. The highest BCUT2D eigenvalue weighted by Gasteiger charge is 2.14. The number of anilines is 1. The van der Waals surface area contributed by atoms with Gasteiger partial charge in [-0.1, -0.05) is 12.1 Å². The third-order valence-electron chi connectivity index (χ3n) is 3.37. The maximum atomic E-state index is 11.6. The molecule has 0 N–H and O–H groups in total. The van der Waals surface area contributed by atoms with Crippen molar-refractivity contribution < 1.29 is 4.79 Å². The molecule has 24 heavy (non-hydrogen) atoms. The predicted molar refractivity (Wildman–Crippen MR) is 98.9 cm³/mol. The molecule has 0 aliphatic heterocycles. The average molecular weight is 354 g/mol. The van der Waals surface area contributed by atoms with Gasteiger partial charge in [0.25, 0.3) is 0 Å². The van der Waals surface area contributed by atoms with Crippen LogP contribution in [0.25, 0.3) is 21.9 Å². The predicted octanol–water partition coefficient (Wildman–Crippen LogP) is 4.19. The van der Waals surface area contributed by atoms with E-state index in [1.54, 1.807) is 11.0 Å². The quantitative estimate of drug-likeness (QED) is 0.659. The van der Waals surface area contributed by atoms with Gasteiger partial charge < -0.3 is 0 Å². The van der Waals surface area contributed by atoms with Crippen LogP contribution in [0.4, 0.5) is 5.13 Å². The Morgan fingerprint density at radius 3 is 2.83 bits per heavy atom. The Hall–Kier alpha value is -2.56. The summed E-state index contributed by atoms with van der Waals surface area (Å²) >= 11 is 2.87. The number of nitriles is 1. The first kappa shape index (κ1) is 16.3. The fourth-order valence-electron chi connectivity index (χ4n) is 2.24. The summed E-state index contributed by atoms with van der Waals surface area (Å²) in [4.78, 5) is 22.2. The molecule has 0 spiro atoms. The second-order valence-corrected chi connectivity index (χ2v) is 6.84. The zero-order valence-corrected chi connectivity index (χ0v) is 14.8. The lowest BCUT2D eigenvalue weighted by atomic mass is 10.2. The van der Waals surface area contributed by atoms with Crippen molar-refractivity contribution in [1.29, 1.82) is 5.26 Å². The molecule has 1 amide bonds. The fourth-order valence-corrected chi connectivity index (χ4v) is 4.06. The molecule has 0 fully saturated rings. The number of carbonyl (C=O) groups excluding carboxylic acids is 1. The average Bonchev–Trinajstić information content (AvgIpc) is 3.19. The number of fused-ring (bicyclic) bond motifs is 1. The van der Waals surface area contributed by atoms with E-state index in [0.29, 0.717) is 28.0 Å². The molecule has 1 aromatic carbocycles. The topological polar surface area (TPSA) is 69.9 Å². The van der Waals surface area contributed by atoms with Gasteiger partial charge in [-0.2, -0.15) is 5.26 Å². The van der Waals surface area contributed by atoms with Crippen molar-refractivity contribution >= 4 is 55.6 Å². The molecule has 3 aromatic rings. The zero-order valence-electron chi connectivity index (χ0n) is 13.2. The summed E-state index contributed by atoms with van der Waals surface area (Å²) in [5.74, 6) is -0.0472. The van der Waals surface area contributed by atoms with Gasteiger partial charge in [0.15, 0.2) is 5.13 Å². The first-order chi connectivity index (χ1) is 11.6. The minimum atomic E-state index is -0.0472. The highest BCUT2D eigenvalue weighted by atomic mass is 32.1. The molecule has 0 saturated heterocycles. The van der Waals surface area contributed by atoms with E-state index >= 15 is 0 Å². The number of para-hydroxylation sites is 1. The third-order valence-corrected chi connectivity index (χ3v) is 5.33. The summed E-state index contributed by atoms with van der Waals surface area (Å²) in [6.07, 6.45) is 1.71. The van der Waals surface area contributed by atoms with Crippen LogP contribution in [0.15, 0.2) is 29.6 Å². The third kappa shape index (κ3) is 3.20. The van der Waals surface area contributed by atoms with E-state index in [1.807, 2.05) is 36.6 Å². The van der Waals surface area contributed by atoms with E-state index in [2.05, 4.69) is 16.0 Å². The fraction of sp³-hybridized carbons (Fsp3) is 0.176. The minimum absolute atomic E-state index is 0.0472. The van der Waals surface area contributed by atoms with Gasteiger partial charge in [0, 0.05) is 18.8 Å². The van der Waals surface area contributed by atoms with Crippen LogP contribution in [0.2, 0.25) is 0 Å². The number of hydrogen-bond acceptors (Lipinski definition) is 6. The van der Waals surface area contributed by atoms with Crippen LogP contribution >= 0.6 is 22.7 Å². The Morgan fingerprint density at radius 2 is 2.17 bits per heavy atom. The molecule has 2 aromatic heterocycles. The van der Waals surface area contributed by atoms with Crippen molar-refractivity contribution in [2.75, 3.05) is 11.4 Å². The number of aromatic nitrogens is 2. The standard InChI is InChI=1S/C17H14N4OS2/c1-3-21(11(2)22)17-19-13(10-23-17)8-12(9-18)16-20-14-6-4-5-7-15(14)24-16/h4-8,10H,3H2,1-2H3. The molecule has 0 aliphatic carbocycles. The highest BCUT2D eigenvalue weighted by Crippen LogP contribution is 2.29. The molecule has 0 atom stereocenters. The summed E-state index contributed by atoms with van der Waals surface area (Å²) in [6.45, 7) is 3.98. The van der Waals surface area contributed by atoms with Crippen molar-refractivity contribution in [2.45, 2.75) is 13.8 Å². The second-order valence-electron chi connectivity index (χ2n) is 4.97. The summed E-state index contributed by atoms with van der Waals surface area (Å²) < 4.78 is 1.04. The van der Waals surface area contributed by atoms with Gasteiger partial charge >= 0.3 is 0 Å². The van der Waals surface area contributed by atoms with E-state index in [9.17, 15) is 10.1 Å². The number of thiazole rings is 2. The molecule has 120 valence electrons. The summed E-state index contributed by atoms with van der Waals surface area (Å²) in [5.41, 5.74) is 2.01. The van der Waals surface area contributed by atoms with Gasteiger partial charge in [-0.05, 0) is 25.1 Å². The number of carbonyl (C=O) groups is 1. The first-order valence-corrected chi connectivity index (χ1v) is 9.03. The van der Waals surface area contributed by atoms with Crippen LogP contribution in [-0.4, -0.2) is 22.4 Å². The van der Waals surface area contributed by atoms with Gasteiger partial charge in [-0.15, -0.1) is 22.7 Å². The normalized spacial score (nSPS) is 11.5. The van der Waals surface area contributed by atoms with Crippen LogP contribution in [0, 0.1) is 11.3 Å². The molecule has 0 radical (unpaired) electrons. The Bertz CT molecular complexity index is 931. The summed E-state index contributed by atoms with van der Waals surface area (Å²) in [5, 5.41) is 12.6. The molecular weight excluding hydrogens is 340 g/mol. The van der Waals surface area contributed by atoms with Crippen molar-refractivity contribution in [3.63, 3.8) is 0 Å². The largest absolute Gasteiger partial charge is 0.289 e. The van der Waals surface area contributed by atoms with Crippen LogP contribution in [-0.2, 0) is 4.79 Å². The van der Waals surface area contributed by atoms with Gasteiger partial charge in [-0.25, -0.2) is 9.97 Å². The lowest BCUT2D eigenvalue weighted by Gasteiger charge is -2.14. The van der Waals surface area contributed by atoms with E-state index in [1.165, 1.54) is 29.6 Å². The van der Waals surface area contributed by atoms with E-state index < -0.39 is 0 Å². The lowest BCUT2D eigenvalue weighted by molar-refractivity contribution is -0.116. The number of nitrogens with zero attached hydrogens (tertiary/aromatic N) is 4. The van der Waals surface area contributed by atoms with Crippen molar-refractivity contribution in [1.82, 2.24) is 9.97 Å². The number of benzene rings is 1. The molecule has 5 nitrogen and oxygen atoms in total. The highest BCUT2D eigenvalue weighted by molar-refractivity contribution is 7.19. The van der Waals surface area contributed by atoms with Crippen LogP contribution in [0.5, 0.6) is 0 Å². The van der Waals surface area contributed by atoms with Gasteiger partial charge in [-0.3, -0.25) is 9.69 Å². The maximum absolute atomic E-state index is 11.6. The van der Waals surface area contributed by atoms with E-state index in [-0.39, 0.29) is 5.91 Å². The summed E-state index contributed by atoms with van der Waals surface area (Å²) in [7, 11) is 0. The second kappa shape index (κ2) is 6.91. The van der Waals surface area contributed by atoms with E-state index in [4.69, 9.17) is 0 Å². The van der Waals surface area contributed by atoms with Gasteiger partial charge in [0.05, 0.1) is 21.5 Å². The number of amides is 1. The van der Waals surface area contributed by atoms with E-state index in [0.717, 1.165) is 10.2 Å². The summed E-state index contributed by atoms with van der Waals surface area (Å²) in [6, 6.07) is 9.99. The molecule has 7 heteroatoms.